The highest BCUT2D eigenvalue weighted by Crippen LogP contribution is 2.15. The number of imidazole rings is 1. The first-order valence-corrected chi connectivity index (χ1v) is 5.28. The van der Waals surface area contributed by atoms with E-state index < -0.39 is 12.0 Å². The first-order chi connectivity index (χ1) is 7.97. The zero-order valence-electron chi connectivity index (χ0n) is 9.71. The maximum Gasteiger partial charge on any atom is 0.305 e. The van der Waals surface area contributed by atoms with Gasteiger partial charge in [0.1, 0.15) is 11.5 Å². The second kappa shape index (κ2) is 4.14. The molecule has 0 amide bonds. The van der Waals surface area contributed by atoms with Gasteiger partial charge in [-0.15, -0.1) is 0 Å². The van der Waals surface area contributed by atoms with E-state index in [0.717, 1.165) is 17.2 Å². The number of aromatic nitrogens is 3. The highest BCUT2D eigenvalue weighted by atomic mass is 16.4. The van der Waals surface area contributed by atoms with E-state index in [-0.39, 0.29) is 6.42 Å². The number of carboxylic acid groups (broad SMARTS) is 1. The van der Waals surface area contributed by atoms with Crippen molar-refractivity contribution in [3.05, 3.63) is 29.5 Å². The molecule has 0 aliphatic rings. The minimum Gasteiger partial charge on any atom is -0.481 e. The number of hydrogen-bond acceptors (Lipinski definition) is 4. The topological polar surface area (TPSA) is 93.5 Å². The molecule has 1 atom stereocenters. The van der Waals surface area contributed by atoms with Crippen LogP contribution in [0.4, 0.5) is 0 Å². The zero-order valence-corrected chi connectivity index (χ0v) is 9.71. The molecule has 0 aliphatic carbocycles. The van der Waals surface area contributed by atoms with E-state index in [2.05, 4.69) is 9.97 Å². The molecule has 17 heavy (non-hydrogen) atoms. The largest absolute Gasteiger partial charge is 0.481 e. The van der Waals surface area contributed by atoms with Gasteiger partial charge in [0.2, 0.25) is 0 Å². The van der Waals surface area contributed by atoms with Crippen molar-refractivity contribution in [2.75, 3.05) is 0 Å². The van der Waals surface area contributed by atoms with E-state index in [0.29, 0.717) is 5.69 Å². The fourth-order valence-corrected chi connectivity index (χ4v) is 1.77. The molecule has 90 valence electrons. The molecule has 0 saturated heterocycles. The van der Waals surface area contributed by atoms with Crippen LogP contribution in [0.2, 0.25) is 0 Å². The van der Waals surface area contributed by atoms with E-state index in [1.165, 1.54) is 0 Å². The van der Waals surface area contributed by atoms with Crippen LogP contribution in [0.1, 0.15) is 29.7 Å². The predicted octanol–water partition coefficient (Wildman–Crippen LogP) is 0.821. The predicted molar refractivity (Wildman–Crippen MR) is 61.6 cm³/mol. The Hall–Kier alpha value is -1.95. The van der Waals surface area contributed by atoms with Crippen molar-refractivity contribution in [3.8, 4) is 0 Å². The lowest BCUT2D eigenvalue weighted by atomic mass is 10.2. The molecule has 0 aromatic carbocycles. The van der Waals surface area contributed by atoms with Gasteiger partial charge in [-0.3, -0.25) is 9.20 Å². The quantitative estimate of drug-likeness (QED) is 0.820. The Labute approximate surface area is 98.1 Å². The van der Waals surface area contributed by atoms with Crippen molar-refractivity contribution >= 4 is 11.6 Å². The summed E-state index contributed by atoms with van der Waals surface area (Å²) in [4.78, 5) is 19.2. The molecule has 1 unspecified atom stereocenters. The Balaban J connectivity index is 2.44. The minimum atomic E-state index is -0.930. The van der Waals surface area contributed by atoms with Crippen molar-refractivity contribution in [1.29, 1.82) is 0 Å². The molecule has 6 nitrogen and oxygen atoms in total. The number of rotatable bonds is 3. The summed E-state index contributed by atoms with van der Waals surface area (Å²) in [5, 5.41) is 8.69. The number of hydrogen-bond donors (Lipinski definition) is 2. The van der Waals surface area contributed by atoms with E-state index in [1.807, 2.05) is 24.3 Å². The molecule has 2 aromatic heterocycles. The third-order valence-electron chi connectivity index (χ3n) is 2.55. The van der Waals surface area contributed by atoms with E-state index >= 15 is 0 Å². The standard InChI is InChI=1S/C11H14N4O2/c1-6-3-10-14-9(8(12)4-11(16)17)5-15(10)7(2)13-6/h3,5,8H,4,12H2,1-2H3,(H,16,17). The van der Waals surface area contributed by atoms with E-state index in [4.69, 9.17) is 10.8 Å². The number of carbonyl (C=O) groups is 1. The Morgan fingerprint density at radius 2 is 2.24 bits per heavy atom. The lowest BCUT2D eigenvalue weighted by molar-refractivity contribution is -0.137. The van der Waals surface area contributed by atoms with Gasteiger partial charge in [-0.25, -0.2) is 9.97 Å². The highest BCUT2D eigenvalue weighted by molar-refractivity contribution is 5.67. The van der Waals surface area contributed by atoms with Gasteiger partial charge >= 0.3 is 5.97 Å². The Morgan fingerprint density at radius 3 is 2.88 bits per heavy atom. The molecular formula is C11H14N4O2. The third-order valence-corrected chi connectivity index (χ3v) is 2.55. The Kier molecular flexibility index (Phi) is 2.81. The van der Waals surface area contributed by atoms with Crippen LogP contribution >= 0.6 is 0 Å². The van der Waals surface area contributed by atoms with Crippen molar-refractivity contribution in [2.45, 2.75) is 26.3 Å². The first kappa shape index (κ1) is 11.5. The summed E-state index contributed by atoms with van der Waals surface area (Å²) in [6, 6.07) is 1.25. The van der Waals surface area contributed by atoms with Crippen molar-refractivity contribution in [1.82, 2.24) is 14.4 Å². The molecule has 2 rings (SSSR count). The van der Waals surface area contributed by atoms with Gasteiger partial charge in [0, 0.05) is 18.0 Å². The smallest absolute Gasteiger partial charge is 0.305 e. The number of aryl methyl sites for hydroxylation is 2. The van der Waals surface area contributed by atoms with Crippen LogP contribution in [0, 0.1) is 13.8 Å². The molecule has 0 aliphatic heterocycles. The van der Waals surface area contributed by atoms with Crippen molar-refractivity contribution in [2.24, 2.45) is 5.73 Å². The van der Waals surface area contributed by atoms with Gasteiger partial charge in [0.25, 0.3) is 0 Å². The summed E-state index contributed by atoms with van der Waals surface area (Å²) in [5.74, 6) is -0.123. The molecule has 0 spiro atoms. The first-order valence-electron chi connectivity index (χ1n) is 5.28. The maximum atomic E-state index is 10.6. The molecular weight excluding hydrogens is 220 g/mol. The van der Waals surface area contributed by atoms with Gasteiger partial charge in [-0.05, 0) is 13.8 Å². The molecule has 0 fully saturated rings. The van der Waals surface area contributed by atoms with E-state index in [1.54, 1.807) is 6.20 Å². The molecule has 2 heterocycles. The van der Waals surface area contributed by atoms with Crippen LogP contribution < -0.4 is 5.73 Å². The van der Waals surface area contributed by atoms with Crippen LogP contribution in [0.25, 0.3) is 5.65 Å². The molecule has 3 N–H and O–H groups in total. The molecule has 6 heteroatoms. The van der Waals surface area contributed by atoms with Gasteiger partial charge in [-0.1, -0.05) is 0 Å². The number of nitrogens with zero attached hydrogens (tertiary/aromatic N) is 3. The van der Waals surface area contributed by atoms with Crippen molar-refractivity contribution in [3.63, 3.8) is 0 Å². The third kappa shape index (κ3) is 2.26. The van der Waals surface area contributed by atoms with Crippen molar-refractivity contribution < 1.29 is 9.90 Å². The lowest BCUT2D eigenvalue weighted by Gasteiger charge is -2.03. The van der Waals surface area contributed by atoms with Crippen LogP contribution in [0.3, 0.4) is 0 Å². The summed E-state index contributed by atoms with van der Waals surface area (Å²) >= 11 is 0. The average molecular weight is 234 g/mol. The van der Waals surface area contributed by atoms with Gasteiger partial charge in [0.05, 0.1) is 18.2 Å². The fourth-order valence-electron chi connectivity index (χ4n) is 1.77. The molecule has 0 saturated carbocycles. The monoisotopic (exact) mass is 234 g/mol. The summed E-state index contributed by atoms with van der Waals surface area (Å²) < 4.78 is 1.81. The van der Waals surface area contributed by atoms with Crippen LogP contribution in [-0.2, 0) is 4.79 Å². The maximum absolute atomic E-state index is 10.6. The number of aliphatic carboxylic acids is 1. The summed E-state index contributed by atoms with van der Waals surface area (Å²) in [7, 11) is 0. The summed E-state index contributed by atoms with van der Waals surface area (Å²) in [6.07, 6.45) is 1.61. The normalized spacial score (nSPS) is 12.9. The highest BCUT2D eigenvalue weighted by Gasteiger charge is 2.15. The number of nitrogens with two attached hydrogens (primary N) is 1. The van der Waals surface area contributed by atoms with Gasteiger partial charge in [0.15, 0.2) is 0 Å². The lowest BCUT2D eigenvalue weighted by Crippen LogP contribution is -2.15. The zero-order chi connectivity index (χ0) is 12.6. The Morgan fingerprint density at radius 1 is 1.53 bits per heavy atom. The molecule has 0 radical (unpaired) electrons. The van der Waals surface area contributed by atoms with Gasteiger partial charge < -0.3 is 10.8 Å². The average Bonchev–Trinajstić information content (AvgIpc) is 2.60. The minimum absolute atomic E-state index is 0.130. The Bertz CT molecular complexity index is 576. The second-order valence-corrected chi connectivity index (χ2v) is 4.04. The van der Waals surface area contributed by atoms with E-state index in [9.17, 15) is 4.79 Å². The summed E-state index contributed by atoms with van der Waals surface area (Å²) in [5.41, 5.74) is 7.96. The molecule has 0 bridgehead atoms. The number of fused-ring (bicyclic) bond motifs is 1. The SMILES string of the molecule is Cc1cc2nc(C(N)CC(=O)O)cn2c(C)n1. The molecule has 2 aromatic rings. The fraction of sp³-hybridized carbons (Fsp3) is 0.364. The number of carboxylic acids is 1. The van der Waals surface area contributed by atoms with Gasteiger partial charge in [-0.2, -0.15) is 0 Å². The summed E-state index contributed by atoms with van der Waals surface area (Å²) in [6.45, 7) is 3.76. The second-order valence-electron chi connectivity index (χ2n) is 4.04. The van der Waals surface area contributed by atoms with Crippen LogP contribution in [0.15, 0.2) is 12.3 Å². The van der Waals surface area contributed by atoms with Crippen LogP contribution in [0.5, 0.6) is 0 Å². The van der Waals surface area contributed by atoms with Crippen LogP contribution in [-0.4, -0.2) is 25.4 Å².